The van der Waals surface area contributed by atoms with Crippen LogP contribution in [0.5, 0.6) is 0 Å². The number of carbonyl (C=O) groups excluding carboxylic acids is 3. The minimum absolute atomic E-state index is 0.0130. The van der Waals surface area contributed by atoms with E-state index in [0.717, 1.165) is 12.0 Å². The maximum Gasteiger partial charge on any atom is 0.247 e. The van der Waals surface area contributed by atoms with Crippen molar-refractivity contribution in [1.29, 1.82) is 0 Å². The summed E-state index contributed by atoms with van der Waals surface area (Å²) >= 11 is 1.59. The summed E-state index contributed by atoms with van der Waals surface area (Å²) in [6, 6.07) is 8.59. The molecule has 0 bridgehead atoms. The van der Waals surface area contributed by atoms with E-state index in [1.807, 2.05) is 74.2 Å². The van der Waals surface area contributed by atoms with Gasteiger partial charge in [-0.2, -0.15) is 0 Å². The third kappa shape index (κ3) is 4.04. The van der Waals surface area contributed by atoms with Crippen molar-refractivity contribution in [1.82, 2.24) is 14.7 Å². The van der Waals surface area contributed by atoms with Crippen molar-refractivity contribution in [3.05, 3.63) is 60.2 Å². The number of thioether (sulfide) groups is 1. The Morgan fingerprint density at radius 2 is 1.68 bits per heavy atom. The Morgan fingerprint density at radius 3 is 2.35 bits per heavy atom. The van der Waals surface area contributed by atoms with Crippen molar-refractivity contribution < 1.29 is 19.5 Å². The third-order valence-electron chi connectivity index (χ3n) is 8.45. The van der Waals surface area contributed by atoms with Gasteiger partial charge < -0.3 is 19.8 Å². The van der Waals surface area contributed by atoms with Gasteiger partial charge in [-0.1, -0.05) is 68.5 Å². The zero-order valence-corrected chi connectivity index (χ0v) is 22.7. The van der Waals surface area contributed by atoms with Crippen LogP contribution in [-0.4, -0.2) is 85.3 Å². The molecule has 4 aliphatic heterocycles. The lowest BCUT2D eigenvalue weighted by atomic mass is 9.74. The molecule has 0 radical (unpaired) electrons. The van der Waals surface area contributed by atoms with Crippen molar-refractivity contribution >= 4 is 29.5 Å². The highest BCUT2D eigenvalue weighted by molar-refractivity contribution is 8.02. The summed E-state index contributed by atoms with van der Waals surface area (Å²) in [4.78, 5) is 48.0. The van der Waals surface area contributed by atoms with Crippen LogP contribution in [0.1, 0.15) is 39.2 Å². The molecule has 37 heavy (non-hydrogen) atoms. The van der Waals surface area contributed by atoms with Gasteiger partial charge in [0.15, 0.2) is 0 Å². The SMILES string of the molecule is CCCN1CC=C[C@@]2(C)S[C@]34C=CCN(Cc5ccccc5)C(=O)C3N([C@@H](CC)CO)C(=O)[C@@H]4[C@H]2C1=O. The van der Waals surface area contributed by atoms with Gasteiger partial charge in [0.25, 0.3) is 0 Å². The van der Waals surface area contributed by atoms with Crippen LogP contribution in [-0.2, 0) is 20.9 Å². The predicted molar refractivity (Wildman–Crippen MR) is 145 cm³/mol. The summed E-state index contributed by atoms with van der Waals surface area (Å²) in [5.41, 5.74) is 1.02. The van der Waals surface area contributed by atoms with E-state index in [1.165, 1.54) is 0 Å². The number of carbonyl (C=O) groups is 3. The molecule has 8 heteroatoms. The van der Waals surface area contributed by atoms with Crippen LogP contribution >= 0.6 is 11.8 Å². The van der Waals surface area contributed by atoms with Gasteiger partial charge in [-0.25, -0.2) is 0 Å². The second kappa shape index (κ2) is 9.95. The average molecular weight is 524 g/mol. The quantitative estimate of drug-likeness (QED) is 0.556. The number of likely N-dealkylation sites (tertiary alicyclic amines) is 1. The molecule has 1 spiro atoms. The summed E-state index contributed by atoms with van der Waals surface area (Å²) in [5, 5.41) is 10.3. The highest BCUT2D eigenvalue weighted by Crippen LogP contribution is 2.65. The molecule has 1 aromatic rings. The first-order valence-corrected chi connectivity index (χ1v) is 14.2. The molecule has 5 rings (SSSR count). The zero-order valence-electron chi connectivity index (χ0n) is 21.9. The van der Waals surface area contributed by atoms with Crippen LogP contribution in [0, 0.1) is 11.8 Å². The molecule has 7 nitrogen and oxygen atoms in total. The Kier molecular flexibility index (Phi) is 7.00. The van der Waals surface area contributed by atoms with Crippen LogP contribution < -0.4 is 0 Å². The van der Waals surface area contributed by atoms with E-state index in [-0.39, 0.29) is 24.3 Å². The first-order chi connectivity index (χ1) is 17.8. The monoisotopic (exact) mass is 523 g/mol. The van der Waals surface area contributed by atoms with Crippen molar-refractivity contribution in [2.24, 2.45) is 11.8 Å². The number of benzene rings is 1. The smallest absolute Gasteiger partial charge is 0.247 e. The summed E-state index contributed by atoms with van der Waals surface area (Å²) < 4.78 is -1.48. The van der Waals surface area contributed by atoms with Crippen LogP contribution in [0.4, 0.5) is 0 Å². The summed E-state index contributed by atoms with van der Waals surface area (Å²) in [6.07, 6.45) is 9.55. The van der Waals surface area contributed by atoms with Crippen molar-refractivity contribution in [2.45, 2.75) is 61.7 Å². The molecule has 6 atom stereocenters. The summed E-state index contributed by atoms with van der Waals surface area (Å²) in [7, 11) is 0. The standard InChI is InChI=1S/C29H37N3O4S/c1-4-15-30-16-9-13-28(3)22(25(30)34)23-26(35)32(21(5-2)19-33)24-27(36)31(17-10-14-29(23,24)37-28)18-20-11-7-6-8-12-20/h6-14,21-24,33H,4-5,15-19H2,1-3H3/t21-,22-,23-,24?,28+,29-/m0/s1. The van der Waals surface area contributed by atoms with E-state index >= 15 is 0 Å². The summed E-state index contributed by atoms with van der Waals surface area (Å²) in [5.74, 6) is -1.56. The molecule has 1 N–H and O–H groups in total. The first-order valence-electron chi connectivity index (χ1n) is 13.4. The normalized spacial score (nSPS) is 33.8. The Labute approximate surface area is 223 Å². The minimum atomic E-state index is -0.878. The second-order valence-corrected chi connectivity index (χ2v) is 12.6. The molecule has 0 aromatic heterocycles. The molecule has 4 aliphatic rings. The number of aliphatic hydroxyl groups excluding tert-OH is 1. The minimum Gasteiger partial charge on any atom is -0.394 e. The number of amides is 3. The van der Waals surface area contributed by atoms with E-state index in [2.05, 4.69) is 6.08 Å². The van der Waals surface area contributed by atoms with Gasteiger partial charge in [0.05, 0.1) is 29.2 Å². The lowest BCUT2D eigenvalue weighted by Gasteiger charge is -2.39. The largest absolute Gasteiger partial charge is 0.394 e. The maximum absolute atomic E-state index is 14.4. The fourth-order valence-corrected chi connectivity index (χ4v) is 8.93. The van der Waals surface area contributed by atoms with Gasteiger partial charge in [-0.15, -0.1) is 11.8 Å². The molecule has 3 amide bonds. The molecule has 198 valence electrons. The van der Waals surface area contributed by atoms with E-state index in [0.29, 0.717) is 32.6 Å². The van der Waals surface area contributed by atoms with Gasteiger partial charge >= 0.3 is 0 Å². The highest BCUT2D eigenvalue weighted by atomic mass is 32.2. The Balaban J connectivity index is 1.62. The van der Waals surface area contributed by atoms with Crippen molar-refractivity contribution in [2.75, 3.05) is 26.2 Å². The average Bonchev–Trinajstić information content (AvgIpc) is 3.17. The number of aliphatic hydroxyl groups is 1. The molecular weight excluding hydrogens is 486 g/mol. The fraction of sp³-hybridized carbons (Fsp3) is 0.552. The lowest BCUT2D eigenvalue weighted by Crippen LogP contribution is -2.56. The predicted octanol–water partition coefficient (Wildman–Crippen LogP) is 2.85. The van der Waals surface area contributed by atoms with Crippen molar-refractivity contribution in [3.8, 4) is 0 Å². The van der Waals surface area contributed by atoms with Crippen LogP contribution in [0.25, 0.3) is 0 Å². The number of rotatable bonds is 7. The highest BCUT2D eigenvalue weighted by Gasteiger charge is 2.74. The van der Waals surface area contributed by atoms with Crippen LogP contribution in [0.15, 0.2) is 54.6 Å². The molecule has 1 aromatic carbocycles. The van der Waals surface area contributed by atoms with E-state index in [1.54, 1.807) is 21.6 Å². The molecule has 1 unspecified atom stereocenters. The number of hydrogen-bond acceptors (Lipinski definition) is 5. The van der Waals surface area contributed by atoms with Gasteiger partial charge in [0.2, 0.25) is 17.7 Å². The van der Waals surface area contributed by atoms with E-state index in [4.69, 9.17) is 0 Å². The van der Waals surface area contributed by atoms with Gasteiger partial charge in [0, 0.05) is 30.9 Å². The van der Waals surface area contributed by atoms with Gasteiger partial charge in [-0.05, 0) is 25.3 Å². The van der Waals surface area contributed by atoms with Crippen LogP contribution in [0.3, 0.4) is 0 Å². The fourth-order valence-electron chi connectivity index (χ4n) is 6.78. The number of hydrogen-bond donors (Lipinski definition) is 1. The van der Waals surface area contributed by atoms with Crippen LogP contribution in [0.2, 0.25) is 0 Å². The van der Waals surface area contributed by atoms with Gasteiger partial charge in [0.1, 0.15) is 6.04 Å². The Morgan fingerprint density at radius 1 is 0.973 bits per heavy atom. The molecule has 2 saturated heterocycles. The molecule has 0 aliphatic carbocycles. The number of fused-ring (bicyclic) bond motifs is 2. The van der Waals surface area contributed by atoms with E-state index < -0.39 is 33.4 Å². The Hall–Kier alpha value is -2.58. The molecule has 4 heterocycles. The molecule has 2 fully saturated rings. The van der Waals surface area contributed by atoms with Gasteiger partial charge in [-0.3, -0.25) is 14.4 Å². The zero-order chi connectivity index (χ0) is 26.4. The summed E-state index contributed by atoms with van der Waals surface area (Å²) in [6.45, 7) is 7.84. The third-order valence-corrected chi connectivity index (χ3v) is 10.2. The Bertz CT molecular complexity index is 1120. The topological polar surface area (TPSA) is 81.2 Å². The van der Waals surface area contributed by atoms with E-state index in [9.17, 15) is 19.5 Å². The molecular formula is C29H37N3O4S. The second-order valence-electron chi connectivity index (χ2n) is 10.8. The lowest BCUT2D eigenvalue weighted by molar-refractivity contribution is -0.147. The molecule has 0 saturated carbocycles. The number of nitrogens with zero attached hydrogens (tertiary/aromatic N) is 3. The maximum atomic E-state index is 14.4. The van der Waals surface area contributed by atoms with Crippen molar-refractivity contribution in [3.63, 3.8) is 0 Å². The first kappa shape index (κ1) is 26.0.